The molecule has 0 fully saturated rings. The molecular formula is C83H51N5O2. The van der Waals surface area contributed by atoms with Gasteiger partial charge in [0, 0.05) is 54.9 Å². The van der Waals surface area contributed by atoms with Crippen molar-refractivity contribution in [3.05, 3.63) is 309 Å². The van der Waals surface area contributed by atoms with Crippen molar-refractivity contribution in [3.63, 3.8) is 0 Å². The lowest BCUT2D eigenvalue weighted by atomic mass is 9.97. The molecule has 17 rings (SSSR count). The van der Waals surface area contributed by atoms with Crippen LogP contribution in [0.1, 0.15) is 0 Å². The normalized spacial score (nSPS) is 11.6. The molecule has 0 saturated carbocycles. The topological polar surface area (TPSA) is 90.7 Å². The fourth-order valence-electron chi connectivity index (χ4n) is 12.5. The van der Waals surface area contributed by atoms with E-state index >= 15 is 0 Å². The van der Waals surface area contributed by atoms with Gasteiger partial charge in [0.25, 0.3) is 0 Å². The molecule has 0 unspecified atom stereocenters. The molecule has 0 radical (unpaired) electrons. The lowest BCUT2D eigenvalue weighted by molar-refractivity contribution is 0.668. The van der Waals surface area contributed by atoms with Crippen LogP contribution >= 0.6 is 0 Å². The van der Waals surface area contributed by atoms with Gasteiger partial charge in [-0.3, -0.25) is 0 Å². The van der Waals surface area contributed by atoms with E-state index in [0.29, 0.717) is 23.3 Å². The molecule has 13 aromatic carbocycles. The van der Waals surface area contributed by atoms with Gasteiger partial charge in [-0.1, -0.05) is 255 Å². The Labute approximate surface area is 518 Å². The zero-order valence-electron chi connectivity index (χ0n) is 48.5. The highest BCUT2D eigenvalue weighted by atomic mass is 16.3. The second-order valence-electron chi connectivity index (χ2n) is 22.8. The Morgan fingerprint density at radius 1 is 0.178 bits per heavy atom. The van der Waals surface area contributed by atoms with E-state index in [1.807, 2.05) is 66.7 Å². The van der Waals surface area contributed by atoms with Gasteiger partial charge in [-0.25, -0.2) is 24.9 Å². The first-order valence-electron chi connectivity index (χ1n) is 30.2. The molecule has 0 bridgehead atoms. The number of hydrogen-bond acceptors (Lipinski definition) is 7. The average Bonchev–Trinajstić information content (AvgIpc) is 1.62. The van der Waals surface area contributed by atoms with Gasteiger partial charge >= 0.3 is 0 Å². The van der Waals surface area contributed by atoms with Crippen molar-refractivity contribution in [2.75, 3.05) is 0 Å². The quantitative estimate of drug-likeness (QED) is 0.127. The van der Waals surface area contributed by atoms with Gasteiger partial charge in [0.2, 0.25) is 0 Å². The smallest absolute Gasteiger partial charge is 0.164 e. The van der Waals surface area contributed by atoms with Crippen molar-refractivity contribution in [1.82, 2.24) is 24.9 Å². The number of fused-ring (bicyclic) bond motifs is 8. The maximum atomic E-state index is 6.62. The van der Waals surface area contributed by atoms with Crippen molar-refractivity contribution in [2.45, 2.75) is 0 Å². The van der Waals surface area contributed by atoms with Crippen LogP contribution in [0.2, 0.25) is 0 Å². The van der Waals surface area contributed by atoms with Gasteiger partial charge in [0.05, 0.1) is 11.4 Å². The van der Waals surface area contributed by atoms with Crippen LogP contribution in [0.15, 0.2) is 318 Å². The first-order chi connectivity index (χ1) is 44.5. The molecule has 0 amide bonds. The second-order valence-corrected chi connectivity index (χ2v) is 22.8. The fourth-order valence-corrected chi connectivity index (χ4v) is 12.5. The molecule has 420 valence electrons. The van der Waals surface area contributed by atoms with Crippen LogP contribution < -0.4 is 0 Å². The fraction of sp³-hybridized carbons (Fsp3) is 0. The van der Waals surface area contributed by atoms with Gasteiger partial charge in [0.15, 0.2) is 23.3 Å². The molecule has 0 atom stereocenters. The zero-order valence-corrected chi connectivity index (χ0v) is 48.5. The van der Waals surface area contributed by atoms with E-state index in [2.05, 4.69) is 243 Å². The number of hydrogen-bond donors (Lipinski definition) is 0. The largest absolute Gasteiger partial charge is 0.456 e. The molecule has 4 aromatic heterocycles. The molecule has 0 aliphatic heterocycles. The number of furan rings is 2. The standard InChI is InChI=1S/C83H51N5O2/c1-4-13-52(14-5-1)53-23-31-57(32-24-53)73-51-74(85-80(84-73)59-15-6-2-7-16-59)58-33-25-56(26-34-58)67-40-44-71-78(50-67)90-77-46-42-68-48-65(39-43-69(68)79(71)77)55-29-37-62(38-30-55)83-87-81(60-17-8-3-9-18-60)86-82(88-83)61-35-27-54(28-36-61)63-19-12-20-64(47-63)66-41-45-76-72(49-66)70-21-10-11-22-75(70)89-76/h1-51H. The van der Waals surface area contributed by atoms with Gasteiger partial charge in [-0.15, -0.1) is 0 Å². The Kier molecular flexibility index (Phi) is 12.7. The molecule has 0 N–H and O–H groups in total. The molecule has 4 heterocycles. The lowest BCUT2D eigenvalue weighted by Crippen LogP contribution is -2.00. The number of rotatable bonds is 11. The Bertz CT molecular complexity index is 5550. The van der Waals surface area contributed by atoms with E-state index in [9.17, 15) is 0 Å². The first kappa shape index (κ1) is 52.2. The monoisotopic (exact) mass is 1150 g/mol. The van der Waals surface area contributed by atoms with Crippen molar-refractivity contribution in [1.29, 1.82) is 0 Å². The van der Waals surface area contributed by atoms with Crippen LogP contribution in [0, 0.1) is 0 Å². The Hall–Kier alpha value is -12.2. The van der Waals surface area contributed by atoms with E-state index in [-0.39, 0.29) is 0 Å². The molecular weight excluding hydrogens is 1100 g/mol. The number of aromatic nitrogens is 5. The molecule has 7 heteroatoms. The molecule has 0 saturated heterocycles. The summed E-state index contributed by atoms with van der Waals surface area (Å²) in [5.41, 5.74) is 22.1. The molecule has 90 heavy (non-hydrogen) atoms. The summed E-state index contributed by atoms with van der Waals surface area (Å²) in [4.78, 5) is 25.4. The summed E-state index contributed by atoms with van der Waals surface area (Å²) in [6.07, 6.45) is 0. The van der Waals surface area contributed by atoms with Crippen LogP contribution in [0.3, 0.4) is 0 Å². The number of benzene rings is 13. The maximum absolute atomic E-state index is 6.62. The summed E-state index contributed by atoms with van der Waals surface area (Å²) < 4.78 is 12.7. The minimum absolute atomic E-state index is 0.605. The van der Waals surface area contributed by atoms with E-state index in [4.69, 9.17) is 33.8 Å². The summed E-state index contributed by atoms with van der Waals surface area (Å²) >= 11 is 0. The number of para-hydroxylation sites is 1. The molecule has 7 nitrogen and oxygen atoms in total. The van der Waals surface area contributed by atoms with Crippen LogP contribution in [-0.2, 0) is 0 Å². The molecule has 0 spiro atoms. The Morgan fingerprint density at radius 2 is 0.544 bits per heavy atom. The van der Waals surface area contributed by atoms with E-state index < -0.39 is 0 Å². The van der Waals surface area contributed by atoms with E-state index in [1.165, 1.54) is 5.56 Å². The van der Waals surface area contributed by atoms with Crippen molar-refractivity contribution >= 4 is 54.6 Å². The molecule has 0 aliphatic rings. The lowest BCUT2D eigenvalue weighted by Gasteiger charge is -2.11. The van der Waals surface area contributed by atoms with Crippen LogP contribution in [0.5, 0.6) is 0 Å². The summed E-state index contributed by atoms with van der Waals surface area (Å²) in [6.45, 7) is 0. The van der Waals surface area contributed by atoms with E-state index in [1.54, 1.807) is 0 Å². The highest BCUT2D eigenvalue weighted by Crippen LogP contribution is 2.40. The highest BCUT2D eigenvalue weighted by molar-refractivity contribution is 6.19. The van der Waals surface area contributed by atoms with Crippen LogP contribution in [0.25, 0.3) is 178 Å². The third kappa shape index (κ3) is 9.73. The van der Waals surface area contributed by atoms with Gasteiger partial charge in [-0.05, 0) is 121 Å². The van der Waals surface area contributed by atoms with Gasteiger partial charge < -0.3 is 8.83 Å². The third-order valence-corrected chi connectivity index (χ3v) is 17.2. The van der Waals surface area contributed by atoms with Crippen LogP contribution in [0.4, 0.5) is 0 Å². The van der Waals surface area contributed by atoms with Crippen molar-refractivity contribution in [3.8, 4) is 124 Å². The summed E-state index contributed by atoms with van der Waals surface area (Å²) in [7, 11) is 0. The zero-order chi connectivity index (χ0) is 59.5. The SMILES string of the molecule is c1ccc(-c2ccc(-c3cc(-c4ccc(-c5ccc6c(c5)oc5ccc7cc(-c8ccc(-c9nc(-c%10ccccc%10)nc(-c%10ccc(-c%11cccc(-c%12ccc%13oc%14ccccc%14c%13c%12)c%11)cc%10)n9)cc8)ccc7c56)cc4)nc(-c4ccccc4)n3)cc2)cc1. The van der Waals surface area contributed by atoms with Gasteiger partial charge in [-0.2, -0.15) is 0 Å². The molecule has 17 aromatic rings. The van der Waals surface area contributed by atoms with Crippen molar-refractivity contribution in [2.24, 2.45) is 0 Å². The second kappa shape index (κ2) is 22.0. The number of nitrogens with zero attached hydrogens (tertiary/aromatic N) is 5. The molecule has 0 aliphatic carbocycles. The average molecular weight is 1150 g/mol. The van der Waals surface area contributed by atoms with Crippen LogP contribution in [-0.4, -0.2) is 24.9 Å². The van der Waals surface area contributed by atoms with Gasteiger partial charge in [0.1, 0.15) is 22.3 Å². The Morgan fingerprint density at radius 3 is 1.13 bits per heavy atom. The first-order valence-corrected chi connectivity index (χ1v) is 30.2. The highest BCUT2D eigenvalue weighted by Gasteiger charge is 2.18. The van der Waals surface area contributed by atoms with Crippen molar-refractivity contribution < 1.29 is 8.83 Å². The Balaban J connectivity index is 0.630. The minimum Gasteiger partial charge on any atom is -0.456 e. The summed E-state index contributed by atoms with van der Waals surface area (Å²) in [5, 5.41) is 6.69. The van der Waals surface area contributed by atoms with E-state index in [0.717, 1.165) is 149 Å². The summed E-state index contributed by atoms with van der Waals surface area (Å²) in [6, 6.07) is 108. The maximum Gasteiger partial charge on any atom is 0.164 e. The summed E-state index contributed by atoms with van der Waals surface area (Å²) in [5.74, 6) is 2.51. The third-order valence-electron chi connectivity index (χ3n) is 17.2. The predicted molar refractivity (Wildman–Crippen MR) is 367 cm³/mol. The predicted octanol–water partition coefficient (Wildman–Crippen LogP) is 22.0. The minimum atomic E-state index is 0.605.